The fourth-order valence-corrected chi connectivity index (χ4v) is 7.54. The second-order valence-corrected chi connectivity index (χ2v) is 11.1. The van der Waals surface area contributed by atoms with E-state index in [0.717, 1.165) is 45.8 Å². The lowest BCUT2D eigenvalue weighted by atomic mass is 9.51. The van der Waals surface area contributed by atoms with Crippen molar-refractivity contribution in [3.63, 3.8) is 0 Å². The lowest BCUT2D eigenvalue weighted by Crippen LogP contribution is -2.46. The third kappa shape index (κ3) is 4.23. The molecule has 7 heteroatoms. The maximum absolute atomic E-state index is 13.4. The van der Waals surface area contributed by atoms with Crippen LogP contribution in [-0.4, -0.2) is 53.4 Å². The van der Waals surface area contributed by atoms with Crippen LogP contribution in [0.25, 0.3) is 0 Å². The average Bonchev–Trinajstić information content (AvgIpc) is 2.76. The summed E-state index contributed by atoms with van der Waals surface area (Å²) in [6.07, 6.45) is 6.59. The Kier molecular flexibility index (Phi) is 5.99. The molecule has 1 N–H and O–H groups in total. The van der Waals surface area contributed by atoms with Gasteiger partial charge in [-0.2, -0.15) is 0 Å². The summed E-state index contributed by atoms with van der Waals surface area (Å²) >= 11 is 1.60. The van der Waals surface area contributed by atoms with Crippen LogP contribution in [0.5, 0.6) is 0 Å². The number of Topliss-reactive ketones (excluding diaryl/α,β-unsaturated/α-hetero) is 1. The van der Waals surface area contributed by atoms with E-state index in [1.807, 2.05) is 17.0 Å². The van der Waals surface area contributed by atoms with Gasteiger partial charge >= 0.3 is 5.97 Å². The third-order valence-electron chi connectivity index (χ3n) is 7.94. The van der Waals surface area contributed by atoms with E-state index in [0.29, 0.717) is 25.5 Å². The van der Waals surface area contributed by atoms with E-state index >= 15 is 0 Å². The summed E-state index contributed by atoms with van der Waals surface area (Å²) in [6, 6.07) is 3.80. The Bertz CT molecular complexity index is 832. The molecule has 0 aromatic carbocycles. The van der Waals surface area contributed by atoms with Crippen molar-refractivity contribution in [3.8, 4) is 0 Å². The van der Waals surface area contributed by atoms with Crippen LogP contribution in [0.2, 0.25) is 0 Å². The lowest BCUT2D eigenvalue weighted by Gasteiger charge is -2.54. The summed E-state index contributed by atoms with van der Waals surface area (Å²) < 4.78 is 5.33. The van der Waals surface area contributed by atoms with Gasteiger partial charge in [-0.25, -0.2) is 9.78 Å². The van der Waals surface area contributed by atoms with Gasteiger partial charge in [-0.3, -0.25) is 4.79 Å². The Morgan fingerprint density at radius 3 is 2.52 bits per heavy atom. The van der Waals surface area contributed by atoms with Crippen LogP contribution in [0.4, 0.5) is 5.82 Å². The number of nitrogens with zero attached hydrogens (tertiary/aromatic N) is 2. The van der Waals surface area contributed by atoms with Gasteiger partial charge in [-0.1, -0.05) is 6.92 Å². The van der Waals surface area contributed by atoms with Gasteiger partial charge in [0.25, 0.3) is 0 Å². The molecule has 1 aromatic heterocycles. The maximum Gasteiger partial charge on any atom is 0.334 e. The Balaban J connectivity index is 1.33. The van der Waals surface area contributed by atoms with Crippen LogP contribution in [0.15, 0.2) is 17.2 Å². The van der Waals surface area contributed by atoms with Crippen molar-refractivity contribution in [1.82, 2.24) is 4.98 Å². The quantitative estimate of drug-likeness (QED) is 0.500. The molecule has 1 unspecified atom stereocenters. The fraction of sp³-hybridized carbons (Fsp3) is 0.708. The topological polar surface area (TPSA) is 79.7 Å². The predicted molar refractivity (Wildman–Crippen MR) is 120 cm³/mol. The molecule has 4 saturated carbocycles. The highest BCUT2D eigenvalue weighted by Gasteiger charge is 2.48. The maximum atomic E-state index is 13.4. The van der Waals surface area contributed by atoms with Gasteiger partial charge in [0.2, 0.25) is 0 Å². The molecule has 4 bridgehead atoms. The number of ether oxygens (including phenoxy) is 1. The second kappa shape index (κ2) is 8.74. The lowest BCUT2D eigenvalue weighted by molar-refractivity contribution is -0.150. The first-order valence-corrected chi connectivity index (χ1v) is 12.8. The highest BCUT2D eigenvalue weighted by Crippen LogP contribution is 2.57. The van der Waals surface area contributed by atoms with Gasteiger partial charge < -0.3 is 14.7 Å². The zero-order valence-electron chi connectivity index (χ0n) is 18.2. The largest absolute Gasteiger partial charge is 0.479 e. The van der Waals surface area contributed by atoms with Crippen LogP contribution in [0.3, 0.4) is 0 Å². The highest BCUT2D eigenvalue weighted by atomic mass is 32.2. The van der Waals surface area contributed by atoms with Crippen molar-refractivity contribution in [2.45, 2.75) is 56.6 Å². The first-order valence-electron chi connectivity index (χ1n) is 11.8. The molecule has 6 nitrogen and oxygen atoms in total. The number of carboxylic acids is 1. The van der Waals surface area contributed by atoms with Gasteiger partial charge in [0.15, 0.2) is 11.9 Å². The molecule has 0 spiro atoms. The van der Waals surface area contributed by atoms with E-state index in [1.54, 1.807) is 11.8 Å². The highest BCUT2D eigenvalue weighted by molar-refractivity contribution is 7.99. The number of anilines is 1. The van der Waals surface area contributed by atoms with Gasteiger partial charge in [-0.05, 0) is 79.6 Å². The number of pyridine rings is 1. The van der Waals surface area contributed by atoms with E-state index in [-0.39, 0.29) is 12.3 Å². The zero-order valence-corrected chi connectivity index (χ0v) is 19.0. The number of carboxylic acid groups (broad SMARTS) is 1. The van der Waals surface area contributed by atoms with Gasteiger partial charge in [0.05, 0.1) is 13.2 Å². The number of ketones is 1. The Hall–Kier alpha value is -1.60. The monoisotopic (exact) mass is 444 g/mol. The first-order chi connectivity index (χ1) is 15.0. The summed E-state index contributed by atoms with van der Waals surface area (Å²) in [6.45, 7) is 3.32. The SMILES string of the molecule is CCSc1nc(N2CCOC(C(=O)O)C2)ccc1C(=O)CC1C2CC3CC(C2)CC1C3. The molecular formula is C24H32N2O4S. The number of hydrogen-bond acceptors (Lipinski definition) is 6. The molecule has 5 aliphatic rings. The molecule has 5 fully saturated rings. The van der Waals surface area contributed by atoms with Crippen LogP contribution < -0.4 is 4.90 Å². The summed E-state index contributed by atoms with van der Waals surface area (Å²) in [7, 11) is 0. The third-order valence-corrected chi connectivity index (χ3v) is 8.81. The van der Waals surface area contributed by atoms with E-state index < -0.39 is 12.1 Å². The molecule has 0 amide bonds. The second-order valence-electron chi connectivity index (χ2n) is 9.82. The zero-order chi connectivity index (χ0) is 21.5. The van der Waals surface area contributed by atoms with Crippen molar-refractivity contribution in [3.05, 3.63) is 17.7 Å². The summed E-state index contributed by atoms with van der Waals surface area (Å²) in [5, 5.41) is 10.1. The molecule has 1 aromatic rings. The molecule has 1 atom stereocenters. The smallest absolute Gasteiger partial charge is 0.334 e. The minimum absolute atomic E-state index is 0.234. The minimum Gasteiger partial charge on any atom is -0.479 e. The number of aromatic nitrogens is 1. The number of hydrogen-bond donors (Lipinski definition) is 1. The molecular weight excluding hydrogens is 412 g/mol. The number of morpholine rings is 1. The van der Waals surface area contributed by atoms with E-state index in [9.17, 15) is 14.7 Å². The molecule has 1 aliphatic heterocycles. The van der Waals surface area contributed by atoms with Gasteiger partial charge in [0, 0.05) is 18.5 Å². The Morgan fingerprint density at radius 1 is 1.16 bits per heavy atom. The van der Waals surface area contributed by atoms with Crippen LogP contribution in [0.1, 0.15) is 55.8 Å². The number of carbonyl (C=O) groups is 2. The summed E-state index contributed by atoms with van der Waals surface area (Å²) in [5.41, 5.74) is 0.743. The normalized spacial score (nSPS) is 34.2. The van der Waals surface area contributed by atoms with Crippen molar-refractivity contribution >= 4 is 29.3 Å². The van der Waals surface area contributed by atoms with Gasteiger partial charge in [-0.15, -0.1) is 11.8 Å². The minimum atomic E-state index is -0.949. The van der Waals surface area contributed by atoms with E-state index in [2.05, 4.69) is 6.92 Å². The fourth-order valence-electron chi connectivity index (χ4n) is 6.77. The van der Waals surface area contributed by atoms with E-state index in [1.165, 1.54) is 32.1 Å². The Labute approximate surface area is 188 Å². The number of rotatable bonds is 7. The number of carbonyl (C=O) groups excluding carboxylic acids is 1. The summed E-state index contributed by atoms with van der Waals surface area (Å²) in [4.78, 5) is 31.5. The molecule has 168 valence electrons. The van der Waals surface area contributed by atoms with E-state index in [4.69, 9.17) is 9.72 Å². The summed E-state index contributed by atoms with van der Waals surface area (Å²) in [5.74, 6) is 4.75. The Morgan fingerprint density at radius 2 is 1.87 bits per heavy atom. The number of thioether (sulfide) groups is 1. The predicted octanol–water partition coefficient (Wildman–Crippen LogP) is 4.13. The molecule has 1 saturated heterocycles. The molecule has 2 heterocycles. The molecule has 4 aliphatic carbocycles. The van der Waals surface area contributed by atoms with Crippen molar-refractivity contribution < 1.29 is 19.4 Å². The first kappa shape index (κ1) is 21.3. The standard InChI is InChI=1S/C24H32N2O4S/c1-2-31-23-18(3-4-22(25-23)26-5-6-30-21(13-26)24(28)29)20(27)12-19-16-8-14-7-15(10-16)11-17(19)9-14/h3-4,14-17,19,21H,2,5-13H2,1H3,(H,28,29). The number of aliphatic carboxylic acids is 1. The average molecular weight is 445 g/mol. The van der Waals surface area contributed by atoms with Crippen molar-refractivity contribution in [2.24, 2.45) is 29.6 Å². The van der Waals surface area contributed by atoms with Crippen molar-refractivity contribution in [2.75, 3.05) is 30.3 Å². The van der Waals surface area contributed by atoms with Crippen LogP contribution >= 0.6 is 11.8 Å². The molecule has 31 heavy (non-hydrogen) atoms. The van der Waals surface area contributed by atoms with Gasteiger partial charge in [0.1, 0.15) is 10.8 Å². The van der Waals surface area contributed by atoms with Crippen LogP contribution in [-0.2, 0) is 9.53 Å². The molecule has 6 rings (SSSR count). The van der Waals surface area contributed by atoms with Crippen molar-refractivity contribution in [1.29, 1.82) is 0 Å². The molecule has 0 radical (unpaired) electrons. The van der Waals surface area contributed by atoms with Crippen LogP contribution in [0, 0.1) is 29.6 Å².